The van der Waals surface area contributed by atoms with Gasteiger partial charge in [-0.25, -0.2) is 4.79 Å². The molecule has 0 fully saturated rings. The van der Waals surface area contributed by atoms with E-state index in [1.165, 1.54) is 12.1 Å². The number of aryl methyl sites for hydroxylation is 1. The largest absolute Gasteiger partial charge is 0.503 e. The molecule has 0 aromatic heterocycles. The SMILES string of the molecule is CSc1ccc(CN2C(=O)C(O)=C(c3ccc(C)cc3)C2c2ccc(C(=O)O)cc2)cc1. The second kappa shape index (κ2) is 8.93. The van der Waals surface area contributed by atoms with Gasteiger partial charge in [-0.3, -0.25) is 4.79 Å². The van der Waals surface area contributed by atoms with Gasteiger partial charge < -0.3 is 15.1 Å². The summed E-state index contributed by atoms with van der Waals surface area (Å²) >= 11 is 1.64. The summed E-state index contributed by atoms with van der Waals surface area (Å²) in [7, 11) is 0. The van der Waals surface area contributed by atoms with Gasteiger partial charge in [0.15, 0.2) is 5.76 Å². The number of nitrogens with zero attached hydrogens (tertiary/aromatic N) is 1. The molecule has 1 heterocycles. The number of amides is 1. The first-order chi connectivity index (χ1) is 15.4. The first-order valence-electron chi connectivity index (χ1n) is 10.2. The average Bonchev–Trinajstić information content (AvgIpc) is 3.05. The van der Waals surface area contributed by atoms with Crippen molar-refractivity contribution < 1.29 is 19.8 Å². The molecule has 32 heavy (non-hydrogen) atoms. The number of aliphatic hydroxyl groups is 1. The van der Waals surface area contributed by atoms with Gasteiger partial charge >= 0.3 is 5.97 Å². The number of aromatic carboxylic acids is 1. The number of benzene rings is 3. The molecule has 3 aromatic rings. The molecule has 1 atom stereocenters. The number of carboxylic acid groups (broad SMARTS) is 1. The van der Waals surface area contributed by atoms with Gasteiger partial charge in [0.2, 0.25) is 0 Å². The van der Waals surface area contributed by atoms with Crippen molar-refractivity contribution in [2.24, 2.45) is 0 Å². The summed E-state index contributed by atoms with van der Waals surface area (Å²) < 4.78 is 0. The summed E-state index contributed by atoms with van der Waals surface area (Å²) in [6.07, 6.45) is 2.01. The van der Waals surface area contributed by atoms with E-state index in [-0.39, 0.29) is 11.3 Å². The third-order valence-corrected chi connectivity index (χ3v) is 6.40. The van der Waals surface area contributed by atoms with E-state index in [2.05, 4.69) is 0 Å². The van der Waals surface area contributed by atoms with Gasteiger partial charge in [0.05, 0.1) is 11.6 Å². The van der Waals surface area contributed by atoms with E-state index in [1.54, 1.807) is 28.8 Å². The predicted molar refractivity (Wildman–Crippen MR) is 126 cm³/mol. The maximum atomic E-state index is 13.2. The molecule has 1 amide bonds. The van der Waals surface area contributed by atoms with Crippen LogP contribution in [0.25, 0.3) is 5.57 Å². The van der Waals surface area contributed by atoms with Crippen LogP contribution >= 0.6 is 11.8 Å². The fraction of sp³-hybridized carbons (Fsp3) is 0.154. The molecule has 162 valence electrons. The summed E-state index contributed by atoms with van der Waals surface area (Å²) in [6, 6.07) is 21.6. The molecule has 1 unspecified atom stereocenters. The second-order valence-electron chi connectivity index (χ2n) is 7.74. The van der Waals surface area contributed by atoms with Gasteiger partial charge in [-0.2, -0.15) is 0 Å². The number of hydrogen-bond donors (Lipinski definition) is 2. The Kier molecular flexibility index (Phi) is 6.06. The lowest BCUT2D eigenvalue weighted by Crippen LogP contribution is -2.29. The van der Waals surface area contributed by atoms with Crippen LogP contribution in [-0.2, 0) is 11.3 Å². The smallest absolute Gasteiger partial charge is 0.335 e. The summed E-state index contributed by atoms with van der Waals surface area (Å²) in [5, 5.41) is 20.1. The van der Waals surface area contributed by atoms with Crippen molar-refractivity contribution in [1.29, 1.82) is 0 Å². The highest BCUT2D eigenvalue weighted by Gasteiger charge is 2.41. The second-order valence-corrected chi connectivity index (χ2v) is 8.62. The number of carbonyl (C=O) groups excluding carboxylic acids is 1. The Hall–Kier alpha value is -3.51. The minimum atomic E-state index is -1.01. The molecule has 0 spiro atoms. The number of hydrogen-bond acceptors (Lipinski definition) is 4. The van der Waals surface area contributed by atoms with Crippen LogP contribution in [0.15, 0.2) is 83.5 Å². The molecule has 2 N–H and O–H groups in total. The van der Waals surface area contributed by atoms with Crippen LogP contribution in [0.2, 0.25) is 0 Å². The van der Waals surface area contributed by atoms with Crippen molar-refractivity contribution in [1.82, 2.24) is 4.90 Å². The van der Waals surface area contributed by atoms with E-state index in [0.29, 0.717) is 12.1 Å². The van der Waals surface area contributed by atoms with Crippen LogP contribution in [0.1, 0.15) is 38.7 Å². The van der Waals surface area contributed by atoms with Crippen LogP contribution in [0.5, 0.6) is 0 Å². The number of carboxylic acids is 1. The monoisotopic (exact) mass is 445 g/mol. The van der Waals surface area contributed by atoms with Crippen LogP contribution in [0.4, 0.5) is 0 Å². The quantitative estimate of drug-likeness (QED) is 0.492. The molecule has 0 radical (unpaired) electrons. The van der Waals surface area contributed by atoms with Crippen molar-refractivity contribution in [3.63, 3.8) is 0 Å². The molecular weight excluding hydrogens is 422 g/mol. The Morgan fingerprint density at radius 1 is 0.969 bits per heavy atom. The minimum Gasteiger partial charge on any atom is -0.503 e. The van der Waals surface area contributed by atoms with E-state index in [1.807, 2.05) is 61.7 Å². The summed E-state index contributed by atoms with van der Waals surface area (Å²) in [5.41, 5.74) is 4.21. The van der Waals surface area contributed by atoms with Crippen molar-refractivity contribution >= 4 is 29.2 Å². The van der Waals surface area contributed by atoms with E-state index >= 15 is 0 Å². The topological polar surface area (TPSA) is 77.8 Å². The van der Waals surface area contributed by atoms with E-state index in [0.717, 1.165) is 27.1 Å². The lowest BCUT2D eigenvalue weighted by Gasteiger charge is -2.27. The third-order valence-electron chi connectivity index (χ3n) is 5.65. The Morgan fingerprint density at radius 2 is 1.59 bits per heavy atom. The number of carbonyl (C=O) groups is 2. The van der Waals surface area contributed by atoms with Crippen molar-refractivity contribution in [3.05, 3.63) is 106 Å². The number of aliphatic hydroxyl groups excluding tert-OH is 1. The number of rotatable bonds is 6. The Bertz CT molecular complexity index is 1180. The summed E-state index contributed by atoms with van der Waals surface area (Å²) in [5.74, 6) is -1.73. The minimum absolute atomic E-state index is 0.169. The Morgan fingerprint density at radius 3 is 2.16 bits per heavy atom. The highest BCUT2D eigenvalue weighted by Crippen LogP contribution is 2.43. The van der Waals surface area contributed by atoms with Gasteiger partial charge in [-0.05, 0) is 54.1 Å². The zero-order valence-corrected chi connectivity index (χ0v) is 18.6. The molecular formula is C26H23NO4S. The molecule has 0 aliphatic carbocycles. The van der Waals surface area contributed by atoms with Crippen molar-refractivity contribution in [2.75, 3.05) is 6.26 Å². The maximum absolute atomic E-state index is 13.2. The molecule has 1 aliphatic rings. The first-order valence-corrected chi connectivity index (χ1v) is 11.4. The fourth-order valence-corrected chi connectivity index (χ4v) is 4.34. The average molecular weight is 446 g/mol. The molecule has 0 bridgehead atoms. The molecule has 0 saturated heterocycles. The van der Waals surface area contributed by atoms with Gasteiger partial charge in [0.25, 0.3) is 5.91 Å². The zero-order chi connectivity index (χ0) is 22.8. The van der Waals surface area contributed by atoms with Gasteiger partial charge in [0, 0.05) is 17.0 Å². The number of thioether (sulfide) groups is 1. The van der Waals surface area contributed by atoms with Crippen LogP contribution < -0.4 is 0 Å². The maximum Gasteiger partial charge on any atom is 0.335 e. The summed E-state index contributed by atoms with van der Waals surface area (Å²) in [6.45, 7) is 2.29. The Balaban J connectivity index is 1.78. The molecule has 3 aromatic carbocycles. The molecule has 1 aliphatic heterocycles. The lowest BCUT2D eigenvalue weighted by atomic mass is 9.92. The summed E-state index contributed by atoms with van der Waals surface area (Å²) in [4.78, 5) is 27.2. The first kappa shape index (κ1) is 21.7. The van der Waals surface area contributed by atoms with Crippen LogP contribution in [-0.4, -0.2) is 33.2 Å². The predicted octanol–water partition coefficient (Wildman–Crippen LogP) is 5.47. The van der Waals surface area contributed by atoms with E-state index < -0.39 is 17.9 Å². The van der Waals surface area contributed by atoms with Crippen molar-refractivity contribution in [3.8, 4) is 0 Å². The van der Waals surface area contributed by atoms with Gasteiger partial charge in [-0.1, -0.05) is 54.1 Å². The van der Waals surface area contributed by atoms with Crippen LogP contribution in [0.3, 0.4) is 0 Å². The normalized spacial score (nSPS) is 16.0. The zero-order valence-electron chi connectivity index (χ0n) is 17.8. The van der Waals surface area contributed by atoms with E-state index in [9.17, 15) is 19.8 Å². The standard InChI is InChI=1S/C26H23NO4S/c1-16-3-7-18(8-4-16)22-23(19-9-11-20(12-10-19)26(30)31)27(25(29)24(22)28)15-17-5-13-21(32-2)14-6-17/h3-14,23,28H,15H2,1-2H3,(H,30,31). The fourth-order valence-electron chi connectivity index (χ4n) is 3.93. The highest BCUT2D eigenvalue weighted by molar-refractivity contribution is 7.98. The molecule has 6 heteroatoms. The van der Waals surface area contributed by atoms with Gasteiger partial charge in [0.1, 0.15) is 0 Å². The van der Waals surface area contributed by atoms with Crippen molar-refractivity contribution in [2.45, 2.75) is 24.4 Å². The molecule has 0 saturated carbocycles. The molecule has 4 rings (SSSR count). The highest BCUT2D eigenvalue weighted by atomic mass is 32.2. The van der Waals surface area contributed by atoms with E-state index in [4.69, 9.17) is 0 Å². The molecule has 5 nitrogen and oxygen atoms in total. The van der Waals surface area contributed by atoms with Crippen LogP contribution in [0, 0.1) is 6.92 Å². The third kappa shape index (κ3) is 4.14. The Labute approximate surface area is 191 Å². The lowest BCUT2D eigenvalue weighted by molar-refractivity contribution is -0.130. The van der Waals surface area contributed by atoms with Gasteiger partial charge in [-0.15, -0.1) is 11.8 Å².